The Hall–Kier alpha value is -6.79. The average molecular weight is 782 g/mol. The van der Waals surface area contributed by atoms with Crippen molar-refractivity contribution in [1.29, 1.82) is 0 Å². The fourth-order valence-corrected chi connectivity index (χ4v) is 17.4. The SMILES string of the molecule is c1ccc(S2(c3ccccc3)c3ccccc3N(c3cccc(N4c5ccccc5S(c5ccccc5)(c5ccccc5)c5ccccc54)n3)c3ccccc32)cc1. The highest BCUT2D eigenvalue weighted by Crippen LogP contribution is 2.81. The highest BCUT2D eigenvalue weighted by Gasteiger charge is 2.45. The van der Waals surface area contributed by atoms with Crippen molar-refractivity contribution in [2.45, 2.75) is 39.2 Å². The quantitative estimate of drug-likeness (QED) is 0.167. The molecule has 0 spiro atoms. The van der Waals surface area contributed by atoms with Gasteiger partial charge in [0.15, 0.2) is 0 Å². The van der Waals surface area contributed by atoms with Crippen molar-refractivity contribution in [1.82, 2.24) is 4.98 Å². The number of benzene rings is 8. The standard InChI is InChI=1S/C53H39N3S2/c1-5-22-40(23-6-1)57(41-24-7-2-8-25-41)48-34-17-13-30-44(48)55(45-31-14-18-35-49(45)57)52-38-21-39-53(54-52)56-46-32-15-19-36-50(46)58(42-26-9-3-10-27-42,43-28-11-4-12-29-43)51-37-20-16-33-47(51)56/h1-39H. The molecular formula is C53H39N3S2. The molecule has 2 aliphatic heterocycles. The minimum atomic E-state index is -1.87. The first-order valence-electron chi connectivity index (χ1n) is 19.6. The summed E-state index contributed by atoms with van der Waals surface area (Å²) >= 11 is 0. The first-order chi connectivity index (χ1) is 28.8. The lowest BCUT2D eigenvalue weighted by Gasteiger charge is -2.50. The Labute approximate surface area is 343 Å². The smallest absolute Gasteiger partial charge is 0.140 e. The van der Waals surface area contributed by atoms with Crippen molar-refractivity contribution < 1.29 is 0 Å². The van der Waals surface area contributed by atoms with Gasteiger partial charge in [0, 0.05) is 39.2 Å². The van der Waals surface area contributed by atoms with E-state index in [0.29, 0.717) is 0 Å². The van der Waals surface area contributed by atoms with Gasteiger partial charge in [0.1, 0.15) is 11.6 Å². The van der Waals surface area contributed by atoms with Crippen molar-refractivity contribution in [2.75, 3.05) is 9.80 Å². The molecule has 2 aliphatic rings. The van der Waals surface area contributed by atoms with Gasteiger partial charge in [-0.1, -0.05) is 127 Å². The molecular weight excluding hydrogens is 743 g/mol. The van der Waals surface area contributed by atoms with Crippen LogP contribution in [0.5, 0.6) is 0 Å². The highest BCUT2D eigenvalue weighted by atomic mass is 32.3. The van der Waals surface area contributed by atoms with Crippen LogP contribution in [-0.2, 0) is 0 Å². The van der Waals surface area contributed by atoms with Gasteiger partial charge in [-0.2, -0.15) is 0 Å². The zero-order valence-corrected chi connectivity index (χ0v) is 33.3. The Morgan fingerprint density at radius 3 is 0.759 bits per heavy atom. The fourth-order valence-electron chi connectivity index (χ4n) is 9.04. The van der Waals surface area contributed by atoms with Crippen LogP contribution in [0, 0.1) is 0 Å². The van der Waals surface area contributed by atoms with Gasteiger partial charge in [-0.25, -0.2) is 4.98 Å². The maximum Gasteiger partial charge on any atom is 0.140 e. The third kappa shape index (κ3) is 5.00. The number of rotatable bonds is 6. The predicted molar refractivity (Wildman–Crippen MR) is 241 cm³/mol. The predicted octanol–water partition coefficient (Wildman–Crippen LogP) is 15.3. The van der Waals surface area contributed by atoms with E-state index >= 15 is 0 Å². The van der Waals surface area contributed by atoms with E-state index in [1.54, 1.807) is 0 Å². The molecule has 0 saturated heterocycles. The van der Waals surface area contributed by atoms with Crippen LogP contribution in [0.15, 0.2) is 276 Å². The van der Waals surface area contributed by atoms with Crippen LogP contribution in [-0.4, -0.2) is 4.98 Å². The summed E-state index contributed by atoms with van der Waals surface area (Å²) in [4.78, 5) is 20.9. The van der Waals surface area contributed by atoms with Gasteiger partial charge in [0.25, 0.3) is 0 Å². The summed E-state index contributed by atoms with van der Waals surface area (Å²) in [5.74, 6) is 1.74. The Kier molecular flexibility index (Phi) is 8.31. The van der Waals surface area contributed by atoms with Gasteiger partial charge < -0.3 is 0 Å². The first kappa shape index (κ1) is 34.5. The van der Waals surface area contributed by atoms with E-state index < -0.39 is 20.1 Å². The molecule has 0 saturated carbocycles. The Balaban J connectivity index is 1.14. The van der Waals surface area contributed by atoms with Crippen molar-refractivity contribution in [3.05, 3.63) is 237 Å². The maximum atomic E-state index is 5.67. The lowest BCUT2D eigenvalue weighted by atomic mass is 10.2. The Morgan fingerprint density at radius 1 is 0.241 bits per heavy atom. The summed E-state index contributed by atoms with van der Waals surface area (Å²) in [7, 11) is -3.74. The molecule has 0 radical (unpaired) electrons. The molecule has 278 valence electrons. The number of hydrogen-bond acceptors (Lipinski definition) is 3. The summed E-state index contributed by atoms with van der Waals surface area (Å²) in [5.41, 5.74) is 4.57. The minimum Gasteiger partial charge on any atom is -0.293 e. The van der Waals surface area contributed by atoms with Crippen molar-refractivity contribution in [3.8, 4) is 0 Å². The molecule has 3 heterocycles. The molecule has 0 unspecified atom stereocenters. The van der Waals surface area contributed by atoms with Crippen LogP contribution in [0.2, 0.25) is 0 Å². The summed E-state index contributed by atoms with van der Waals surface area (Å²) < 4.78 is 0. The number of pyridine rings is 1. The maximum absolute atomic E-state index is 5.67. The van der Waals surface area contributed by atoms with Gasteiger partial charge in [0.2, 0.25) is 0 Å². The summed E-state index contributed by atoms with van der Waals surface area (Å²) in [5, 5.41) is 0. The first-order valence-corrected chi connectivity index (χ1v) is 22.9. The average Bonchev–Trinajstić information content (AvgIpc) is 3.31. The second-order valence-corrected chi connectivity index (χ2v) is 20.5. The largest absolute Gasteiger partial charge is 0.293 e. The van der Waals surface area contributed by atoms with Crippen molar-refractivity contribution in [3.63, 3.8) is 0 Å². The molecule has 58 heavy (non-hydrogen) atoms. The normalized spacial score (nSPS) is 15.5. The Morgan fingerprint density at radius 2 is 0.483 bits per heavy atom. The molecule has 9 aromatic rings. The molecule has 8 aromatic carbocycles. The van der Waals surface area contributed by atoms with E-state index in [2.05, 4.69) is 246 Å². The third-order valence-corrected chi connectivity index (χ3v) is 19.2. The van der Waals surface area contributed by atoms with Gasteiger partial charge in [-0.3, -0.25) is 9.80 Å². The number of nitrogens with zero attached hydrogens (tertiary/aromatic N) is 3. The van der Waals surface area contributed by atoms with Crippen LogP contribution in [0.25, 0.3) is 0 Å². The van der Waals surface area contributed by atoms with Gasteiger partial charge in [-0.15, -0.1) is 20.1 Å². The second-order valence-electron chi connectivity index (χ2n) is 14.4. The van der Waals surface area contributed by atoms with Gasteiger partial charge in [-0.05, 0) is 109 Å². The number of para-hydroxylation sites is 4. The van der Waals surface area contributed by atoms with E-state index in [9.17, 15) is 0 Å². The van der Waals surface area contributed by atoms with E-state index in [-0.39, 0.29) is 0 Å². The number of anilines is 6. The van der Waals surface area contributed by atoms with Crippen molar-refractivity contribution >= 4 is 54.4 Å². The number of fused-ring (bicyclic) bond motifs is 4. The van der Waals surface area contributed by atoms with E-state index in [4.69, 9.17) is 4.98 Å². The van der Waals surface area contributed by atoms with Crippen LogP contribution < -0.4 is 9.80 Å². The second kappa shape index (κ2) is 14.0. The number of hydrogen-bond donors (Lipinski definition) is 0. The highest BCUT2D eigenvalue weighted by molar-refractivity contribution is 8.34. The third-order valence-electron chi connectivity index (χ3n) is 11.3. The van der Waals surface area contributed by atoms with Gasteiger partial charge >= 0.3 is 0 Å². The molecule has 0 fully saturated rings. The lowest BCUT2D eigenvalue weighted by molar-refractivity contribution is 1.05. The van der Waals surface area contributed by atoms with E-state index in [1.807, 2.05) is 0 Å². The molecule has 0 N–H and O–H groups in total. The van der Waals surface area contributed by atoms with Crippen LogP contribution >= 0.6 is 20.1 Å². The molecule has 0 aliphatic carbocycles. The van der Waals surface area contributed by atoms with Gasteiger partial charge in [0.05, 0.1) is 22.7 Å². The molecule has 0 amide bonds. The zero-order chi connectivity index (χ0) is 38.5. The molecule has 11 rings (SSSR count). The minimum absolute atomic E-state index is 0.872. The summed E-state index contributed by atoms with van der Waals surface area (Å²) in [6.45, 7) is 0. The lowest BCUT2D eigenvalue weighted by Crippen LogP contribution is -2.24. The van der Waals surface area contributed by atoms with Crippen molar-refractivity contribution in [2.24, 2.45) is 0 Å². The van der Waals surface area contributed by atoms with E-state index in [1.165, 1.54) is 39.2 Å². The molecule has 5 heteroatoms. The van der Waals surface area contributed by atoms with Crippen LogP contribution in [0.1, 0.15) is 0 Å². The molecule has 3 nitrogen and oxygen atoms in total. The molecule has 0 bridgehead atoms. The summed E-state index contributed by atoms with van der Waals surface area (Å²) in [6, 6.07) is 86.7. The van der Waals surface area contributed by atoms with Crippen LogP contribution in [0.4, 0.5) is 34.4 Å². The molecule has 0 atom stereocenters. The zero-order valence-electron chi connectivity index (χ0n) is 31.7. The monoisotopic (exact) mass is 781 g/mol. The number of aromatic nitrogens is 1. The fraction of sp³-hybridized carbons (Fsp3) is 0. The van der Waals surface area contributed by atoms with Crippen LogP contribution in [0.3, 0.4) is 0 Å². The van der Waals surface area contributed by atoms with E-state index in [0.717, 1.165) is 34.4 Å². The molecule has 1 aromatic heterocycles. The Bertz CT molecular complexity index is 2540. The topological polar surface area (TPSA) is 19.4 Å². The summed E-state index contributed by atoms with van der Waals surface area (Å²) in [6.07, 6.45) is 0.